The quantitative estimate of drug-likeness (QED) is 0.458. The lowest BCUT2D eigenvalue weighted by Crippen LogP contribution is -2.20. The molecule has 0 N–H and O–H groups in total. The summed E-state index contributed by atoms with van der Waals surface area (Å²) < 4.78 is 6.66. The summed E-state index contributed by atoms with van der Waals surface area (Å²) in [6.45, 7) is 0.127. The van der Waals surface area contributed by atoms with Crippen molar-refractivity contribution in [2.24, 2.45) is 7.05 Å². The molecule has 0 aliphatic carbocycles. The van der Waals surface area contributed by atoms with Crippen LogP contribution < -0.4 is 10.3 Å². The number of fused-ring (bicyclic) bond motifs is 1. The van der Waals surface area contributed by atoms with Gasteiger partial charge in [-0.25, -0.2) is 0 Å². The molecule has 0 amide bonds. The molecule has 144 valence electrons. The van der Waals surface area contributed by atoms with E-state index in [0.717, 1.165) is 22.3 Å². The number of halogens is 1. The Bertz CT molecular complexity index is 1140. The first kappa shape index (κ1) is 19.3. The maximum atomic E-state index is 12.4. The van der Waals surface area contributed by atoms with E-state index in [0.29, 0.717) is 6.42 Å². The minimum absolute atomic E-state index is 0.0288. The number of ether oxygens (including phenoxy) is 1. The van der Waals surface area contributed by atoms with Crippen molar-refractivity contribution in [1.29, 1.82) is 0 Å². The van der Waals surface area contributed by atoms with Gasteiger partial charge in [-0.05, 0) is 5.56 Å². The van der Waals surface area contributed by atoms with Crippen LogP contribution in [-0.4, -0.2) is 21.0 Å². The van der Waals surface area contributed by atoms with Gasteiger partial charge in [-0.1, -0.05) is 41.9 Å². The van der Waals surface area contributed by atoms with E-state index in [4.69, 9.17) is 16.3 Å². The van der Waals surface area contributed by atoms with E-state index < -0.39 is 26.8 Å². The van der Waals surface area contributed by atoms with E-state index in [-0.39, 0.29) is 28.3 Å². The Balaban J connectivity index is 2.16. The van der Waals surface area contributed by atoms with Gasteiger partial charge < -0.3 is 9.30 Å². The highest BCUT2D eigenvalue weighted by atomic mass is 35.5. The minimum atomic E-state index is -0.781. The van der Waals surface area contributed by atoms with E-state index >= 15 is 0 Å². The SMILES string of the molecule is Cn1c(=O)c(Cl)c(OCCc2ccccc2)c2cc([N+](=O)[O-])cc([N+](=O)[O-])c21. The van der Waals surface area contributed by atoms with Gasteiger partial charge in [0.2, 0.25) is 0 Å². The van der Waals surface area contributed by atoms with E-state index in [1.807, 2.05) is 30.3 Å². The second-order valence-electron chi connectivity index (χ2n) is 5.97. The van der Waals surface area contributed by atoms with Crippen molar-refractivity contribution in [3.63, 3.8) is 0 Å². The molecule has 10 heteroatoms. The number of nitro benzene ring substituents is 2. The van der Waals surface area contributed by atoms with Gasteiger partial charge in [0.25, 0.3) is 11.2 Å². The van der Waals surface area contributed by atoms with E-state index in [2.05, 4.69) is 0 Å². The van der Waals surface area contributed by atoms with Crippen molar-refractivity contribution in [3.8, 4) is 5.75 Å². The van der Waals surface area contributed by atoms with Crippen LogP contribution in [0.1, 0.15) is 5.56 Å². The number of benzene rings is 2. The van der Waals surface area contributed by atoms with Crippen LogP contribution in [0.2, 0.25) is 5.02 Å². The third-order valence-electron chi connectivity index (χ3n) is 4.23. The van der Waals surface area contributed by atoms with Gasteiger partial charge in [0.05, 0.1) is 27.9 Å². The first-order valence-electron chi connectivity index (χ1n) is 8.13. The summed E-state index contributed by atoms with van der Waals surface area (Å²) >= 11 is 6.13. The topological polar surface area (TPSA) is 118 Å². The molecule has 0 saturated heterocycles. The predicted octanol–water partition coefficient (Wildman–Crippen LogP) is 3.63. The van der Waals surface area contributed by atoms with Gasteiger partial charge in [0.15, 0.2) is 5.75 Å². The average molecular weight is 404 g/mol. The average Bonchev–Trinajstić information content (AvgIpc) is 2.68. The smallest absolute Gasteiger partial charge is 0.300 e. The Morgan fingerprint density at radius 1 is 1.11 bits per heavy atom. The van der Waals surface area contributed by atoms with Crippen molar-refractivity contribution >= 4 is 33.9 Å². The second-order valence-corrected chi connectivity index (χ2v) is 6.34. The Hall–Kier alpha value is -3.46. The van der Waals surface area contributed by atoms with Crippen molar-refractivity contribution in [2.75, 3.05) is 6.61 Å². The maximum absolute atomic E-state index is 12.4. The number of aryl methyl sites for hydroxylation is 1. The van der Waals surface area contributed by atoms with Crippen LogP contribution in [0.15, 0.2) is 47.3 Å². The fraction of sp³-hybridized carbons (Fsp3) is 0.167. The summed E-state index contributed by atoms with van der Waals surface area (Å²) in [5.41, 5.74) is -0.889. The van der Waals surface area contributed by atoms with Gasteiger partial charge >= 0.3 is 5.69 Å². The minimum Gasteiger partial charge on any atom is -0.491 e. The van der Waals surface area contributed by atoms with Gasteiger partial charge in [0, 0.05) is 19.5 Å². The Morgan fingerprint density at radius 2 is 1.79 bits per heavy atom. The monoisotopic (exact) mass is 403 g/mol. The molecule has 0 unspecified atom stereocenters. The summed E-state index contributed by atoms with van der Waals surface area (Å²) in [7, 11) is 1.31. The van der Waals surface area contributed by atoms with Crippen LogP contribution in [0.5, 0.6) is 5.75 Å². The molecule has 0 bridgehead atoms. The fourth-order valence-corrected chi connectivity index (χ4v) is 3.18. The Kier molecular flexibility index (Phi) is 5.27. The summed E-state index contributed by atoms with van der Waals surface area (Å²) in [6.07, 6.45) is 0.491. The number of non-ortho nitro benzene ring substituents is 2. The molecule has 0 fully saturated rings. The maximum Gasteiger partial charge on any atom is 0.300 e. The third-order valence-corrected chi connectivity index (χ3v) is 4.57. The first-order valence-corrected chi connectivity index (χ1v) is 8.50. The number of aromatic nitrogens is 1. The van der Waals surface area contributed by atoms with Crippen molar-refractivity contribution in [2.45, 2.75) is 6.42 Å². The molecule has 0 aliphatic rings. The lowest BCUT2D eigenvalue weighted by atomic mass is 10.1. The lowest BCUT2D eigenvalue weighted by Gasteiger charge is -2.14. The van der Waals surface area contributed by atoms with Crippen molar-refractivity contribution in [1.82, 2.24) is 4.57 Å². The zero-order valence-electron chi connectivity index (χ0n) is 14.6. The summed E-state index contributed by atoms with van der Waals surface area (Å²) in [4.78, 5) is 33.5. The number of hydrogen-bond donors (Lipinski definition) is 0. The van der Waals surface area contributed by atoms with Crippen LogP contribution in [-0.2, 0) is 13.5 Å². The molecular formula is C18H14ClN3O6. The zero-order valence-corrected chi connectivity index (χ0v) is 15.4. The standard InChI is InChI=1S/C18H14ClN3O6/c1-20-16-13(9-12(21(24)25)10-14(16)22(26)27)17(15(19)18(20)23)28-8-7-11-5-3-2-4-6-11/h2-6,9-10H,7-8H2,1H3. The fourth-order valence-electron chi connectivity index (χ4n) is 2.90. The van der Waals surface area contributed by atoms with Crippen LogP contribution in [0.4, 0.5) is 11.4 Å². The molecule has 28 heavy (non-hydrogen) atoms. The Morgan fingerprint density at radius 3 is 2.39 bits per heavy atom. The number of pyridine rings is 1. The van der Waals surface area contributed by atoms with E-state index in [1.165, 1.54) is 7.05 Å². The van der Waals surface area contributed by atoms with Crippen LogP contribution in [0, 0.1) is 20.2 Å². The lowest BCUT2D eigenvalue weighted by molar-refractivity contribution is -0.393. The van der Waals surface area contributed by atoms with Crippen LogP contribution in [0.3, 0.4) is 0 Å². The van der Waals surface area contributed by atoms with Crippen molar-refractivity contribution < 1.29 is 14.6 Å². The third kappa shape index (κ3) is 3.52. The second kappa shape index (κ2) is 7.65. The van der Waals surface area contributed by atoms with Gasteiger partial charge in [0.1, 0.15) is 10.5 Å². The number of hydrogen-bond acceptors (Lipinski definition) is 6. The van der Waals surface area contributed by atoms with Gasteiger partial charge in [-0.15, -0.1) is 0 Å². The van der Waals surface area contributed by atoms with Gasteiger partial charge in [-0.2, -0.15) is 0 Å². The normalized spacial score (nSPS) is 10.8. The van der Waals surface area contributed by atoms with Crippen LogP contribution in [0.25, 0.3) is 10.9 Å². The molecule has 1 aromatic heterocycles. The molecule has 0 saturated carbocycles. The van der Waals surface area contributed by atoms with E-state index in [1.54, 1.807) is 0 Å². The molecular weight excluding hydrogens is 390 g/mol. The molecule has 0 spiro atoms. The Labute approximate surface area is 163 Å². The molecule has 0 aliphatic heterocycles. The highest BCUT2D eigenvalue weighted by molar-refractivity contribution is 6.33. The molecule has 3 rings (SSSR count). The summed E-state index contributed by atoms with van der Waals surface area (Å²) in [5.74, 6) is -0.109. The molecule has 1 heterocycles. The predicted molar refractivity (Wildman–Crippen MR) is 103 cm³/mol. The largest absolute Gasteiger partial charge is 0.491 e. The van der Waals surface area contributed by atoms with Crippen LogP contribution >= 0.6 is 11.6 Å². The summed E-state index contributed by atoms with van der Waals surface area (Å²) in [6, 6.07) is 11.3. The molecule has 0 atom stereocenters. The number of nitrogens with zero attached hydrogens (tertiary/aromatic N) is 3. The van der Waals surface area contributed by atoms with E-state index in [9.17, 15) is 25.0 Å². The number of rotatable bonds is 6. The summed E-state index contributed by atoms with van der Waals surface area (Å²) in [5, 5.41) is 22.4. The van der Waals surface area contributed by atoms with Crippen molar-refractivity contribution in [3.05, 3.63) is 83.6 Å². The zero-order chi connectivity index (χ0) is 20.4. The number of nitro groups is 2. The molecule has 0 radical (unpaired) electrons. The van der Waals surface area contributed by atoms with Gasteiger partial charge in [-0.3, -0.25) is 25.0 Å². The first-order chi connectivity index (χ1) is 13.3. The molecule has 9 nitrogen and oxygen atoms in total. The molecule has 3 aromatic rings. The highest BCUT2D eigenvalue weighted by Gasteiger charge is 2.26. The molecule has 2 aromatic carbocycles. The highest BCUT2D eigenvalue weighted by Crippen LogP contribution is 2.38.